The lowest BCUT2D eigenvalue weighted by Crippen LogP contribution is -2.23. The topological polar surface area (TPSA) is 73.4 Å². The zero-order valence-electron chi connectivity index (χ0n) is 40.3. The summed E-state index contributed by atoms with van der Waals surface area (Å²) in [5, 5.41) is 0. The Bertz CT molecular complexity index is 3010. The number of oxazole rings is 1. The van der Waals surface area contributed by atoms with Crippen molar-refractivity contribution >= 4 is 33.6 Å². The van der Waals surface area contributed by atoms with Gasteiger partial charge in [0.1, 0.15) is 17.7 Å². The summed E-state index contributed by atoms with van der Waals surface area (Å²) < 4.78 is 12.9. The summed E-state index contributed by atoms with van der Waals surface area (Å²) in [5.74, 6) is 1.65. The molecule has 68 heavy (non-hydrogen) atoms. The highest BCUT2D eigenvalue weighted by atomic mass is 16.5. The third-order valence-electron chi connectivity index (χ3n) is 14.0. The number of aromatic nitrogens is 3. The molecule has 0 saturated heterocycles. The smallest absolute Gasteiger partial charge is 0.217 e. The van der Waals surface area contributed by atoms with E-state index in [1.807, 2.05) is 24.3 Å². The van der Waals surface area contributed by atoms with Gasteiger partial charge in [-0.2, -0.15) is 0 Å². The number of unbranched alkanes of at least 4 members (excludes halogenated alkanes) is 4. The van der Waals surface area contributed by atoms with Gasteiger partial charge in [-0.15, -0.1) is 0 Å². The number of benzene rings is 5. The molecular formula is C62H64N4O2. The summed E-state index contributed by atoms with van der Waals surface area (Å²) >= 11 is 0. The maximum atomic E-state index is 6.49. The number of ether oxygens (including phenoxy) is 1. The fourth-order valence-corrected chi connectivity index (χ4v) is 9.99. The monoisotopic (exact) mass is 897 g/mol. The third-order valence-corrected chi connectivity index (χ3v) is 14.0. The first kappa shape index (κ1) is 45.1. The van der Waals surface area contributed by atoms with Crippen molar-refractivity contribution in [2.45, 2.75) is 129 Å². The summed E-state index contributed by atoms with van der Waals surface area (Å²) in [4.78, 5) is 20.5. The second-order valence-electron chi connectivity index (χ2n) is 18.9. The van der Waals surface area contributed by atoms with Crippen LogP contribution in [0.15, 0.2) is 160 Å². The van der Waals surface area contributed by atoms with Gasteiger partial charge in [0, 0.05) is 16.7 Å². The number of hydrogen-bond donors (Lipinski definition) is 0. The first-order chi connectivity index (χ1) is 33.5. The van der Waals surface area contributed by atoms with Gasteiger partial charge in [0.2, 0.25) is 11.8 Å². The highest BCUT2D eigenvalue weighted by molar-refractivity contribution is 5.96. The summed E-state index contributed by atoms with van der Waals surface area (Å²) in [6.45, 7) is 9.04. The quantitative estimate of drug-likeness (QED) is 0.0858. The second kappa shape index (κ2) is 20.7. The SMILES string of the molecule is CCCCC1=CC2N=C(c3ccc(-c4ccc(-c5nc6ccccc6nc5-c5ccc(C6=CCC(c7nc8cc(CCCC)c(CCCC)cc8o7)C=C6)cc5)cc4)cc3)OC2C=C1CCCC. The van der Waals surface area contributed by atoms with Crippen molar-refractivity contribution in [2.24, 2.45) is 4.99 Å². The van der Waals surface area contributed by atoms with E-state index in [2.05, 4.69) is 143 Å². The number of aliphatic imine (C=N–C) groups is 1. The van der Waals surface area contributed by atoms with Crippen LogP contribution in [-0.4, -0.2) is 33.0 Å². The van der Waals surface area contributed by atoms with Crippen molar-refractivity contribution in [1.82, 2.24) is 15.0 Å². The molecule has 0 fully saturated rings. The lowest BCUT2D eigenvalue weighted by atomic mass is 9.87. The Kier molecular flexibility index (Phi) is 13.7. The van der Waals surface area contributed by atoms with Crippen LogP contribution in [0.1, 0.15) is 132 Å². The standard InChI is InChI=1S/C62H64N4O2/c1-5-9-15-49-37-55-57(39-51(49)17-11-7-3)67-61(65-55)47-33-25-43(26-34-47)41-21-29-45(30-22-41)59-60(64-54-20-14-13-19-53(54)63-59)46-31-23-42(24-32-46)44-27-35-48(36-28-44)62-66-56-38-50(16-10-6-2)52(18-12-8-4)40-58(56)68-62/h13-14,19-35,37-40,48,55,57H,5-12,15-18,36H2,1-4H3. The molecule has 1 aliphatic heterocycles. The molecule has 0 amide bonds. The number of hydrogen-bond acceptors (Lipinski definition) is 6. The first-order valence-corrected chi connectivity index (χ1v) is 25.5. The number of allylic oxidation sites excluding steroid dienone is 6. The Hall–Kier alpha value is -6.66. The molecule has 0 N–H and O–H groups in total. The van der Waals surface area contributed by atoms with E-state index in [0.717, 1.165) is 105 Å². The minimum atomic E-state index is -0.0174. The highest BCUT2D eigenvalue weighted by Gasteiger charge is 2.32. The zero-order chi connectivity index (χ0) is 46.4. The summed E-state index contributed by atoms with van der Waals surface area (Å²) in [6, 6.07) is 38.8. The summed E-state index contributed by atoms with van der Waals surface area (Å²) in [6.07, 6.45) is 26.4. The summed E-state index contributed by atoms with van der Waals surface area (Å²) in [7, 11) is 0. The largest absolute Gasteiger partial charge is 0.467 e. The van der Waals surface area contributed by atoms with Crippen LogP contribution in [0.3, 0.4) is 0 Å². The molecule has 7 aromatic rings. The van der Waals surface area contributed by atoms with E-state index in [0.29, 0.717) is 0 Å². The van der Waals surface area contributed by atoms with E-state index < -0.39 is 0 Å². The average molecular weight is 897 g/mol. The fraction of sp³-hybridized carbons (Fsp3) is 0.323. The predicted molar refractivity (Wildman–Crippen MR) is 282 cm³/mol. The molecule has 2 aliphatic carbocycles. The van der Waals surface area contributed by atoms with Gasteiger partial charge in [0.25, 0.3) is 0 Å². The molecule has 3 heterocycles. The van der Waals surface area contributed by atoms with E-state index in [4.69, 9.17) is 29.1 Å². The first-order valence-electron chi connectivity index (χ1n) is 25.5. The second-order valence-corrected chi connectivity index (χ2v) is 18.9. The zero-order valence-corrected chi connectivity index (χ0v) is 40.3. The molecule has 0 radical (unpaired) electrons. The maximum absolute atomic E-state index is 6.49. The van der Waals surface area contributed by atoms with E-state index >= 15 is 0 Å². The number of rotatable bonds is 18. The Morgan fingerprint density at radius 1 is 0.529 bits per heavy atom. The molecule has 2 aromatic heterocycles. The van der Waals surface area contributed by atoms with Gasteiger partial charge in [-0.3, -0.25) is 0 Å². The van der Waals surface area contributed by atoms with Crippen molar-refractivity contribution in [1.29, 1.82) is 0 Å². The van der Waals surface area contributed by atoms with Crippen LogP contribution in [0.25, 0.3) is 61.3 Å². The van der Waals surface area contributed by atoms with Gasteiger partial charge in [0.05, 0.1) is 28.3 Å². The van der Waals surface area contributed by atoms with E-state index in [1.54, 1.807) is 0 Å². The van der Waals surface area contributed by atoms with Crippen molar-refractivity contribution in [3.05, 3.63) is 179 Å². The van der Waals surface area contributed by atoms with Crippen LogP contribution in [-0.2, 0) is 17.6 Å². The molecule has 5 aromatic carbocycles. The average Bonchev–Trinajstić information content (AvgIpc) is 4.01. The minimum absolute atomic E-state index is 0.0174. The van der Waals surface area contributed by atoms with Crippen LogP contribution < -0.4 is 0 Å². The van der Waals surface area contributed by atoms with E-state index in [1.165, 1.54) is 84.8 Å². The lowest BCUT2D eigenvalue weighted by molar-refractivity contribution is 0.252. The van der Waals surface area contributed by atoms with Crippen LogP contribution in [0, 0.1) is 0 Å². The Balaban J connectivity index is 0.845. The molecule has 3 aliphatic rings. The molecule has 344 valence electrons. The summed E-state index contributed by atoms with van der Waals surface area (Å²) in [5.41, 5.74) is 18.9. The molecule has 6 nitrogen and oxygen atoms in total. The third kappa shape index (κ3) is 9.69. The Morgan fingerprint density at radius 3 is 1.63 bits per heavy atom. The van der Waals surface area contributed by atoms with Crippen LogP contribution in [0.4, 0.5) is 0 Å². The van der Waals surface area contributed by atoms with Gasteiger partial charge in [-0.05, 0) is 145 Å². The molecule has 0 spiro atoms. The van der Waals surface area contributed by atoms with Gasteiger partial charge in [-0.25, -0.2) is 19.9 Å². The van der Waals surface area contributed by atoms with Crippen LogP contribution in [0.5, 0.6) is 0 Å². The van der Waals surface area contributed by atoms with E-state index in [9.17, 15) is 0 Å². The van der Waals surface area contributed by atoms with E-state index in [-0.39, 0.29) is 18.1 Å². The van der Waals surface area contributed by atoms with Crippen molar-refractivity contribution in [2.75, 3.05) is 0 Å². The molecular weight excluding hydrogens is 833 g/mol. The highest BCUT2D eigenvalue weighted by Crippen LogP contribution is 2.38. The number of nitrogens with zero attached hydrogens (tertiary/aromatic N) is 4. The Labute approximate surface area is 402 Å². The van der Waals surface area contributed by atoms with Crippen LogP contribution >= 0.6 is 0 Å². The molecule has 0 saturated carbocycles. The van der Waals surface area contributed by atoms with Crippen molar-refractivity contribution in [3.8, 4) is 33.6 Å². The number of para-hydroxylation sites is 2. The molecule has 0 bridgehead atoms. The molecule has 10 rings (SSSR count). The molecule has 6 heteroatoms. The van der Waals surface area contributed by atoms with Crippen molar-refractivity contribution < 1.29 is 9.15 Å². The number of fused-ring (bicyclic) bond motifs is 3. The Morgan fingerprint density at radius 2 is 1.06 bits per heavy atom. The molecule has 3 atom stereocenters. The van der Waals surface area contributed by atoms with Gasteiger partial charge >= 0.3 is 0 Å². The van der Waals surface area contributed by atoms with Gasteiger partial charge < -0.3 is 9.15 Å². The predicted octanol–water partition coefficient (Wildman–Crippen LogP) is 16.3. The van der Waals surface area contributed by atoms with Crippen LogP contribution in [0.2, 0.25) is 0 Å². The number of aryl methyl sites for hydroxylation is 2. The van der Waals surface area contributed by atoms with Gasteiger partial charge in [0.15, 0.2) is 5.58 Å². The fourth-order valence-electron chi connectivity index (χ4n) is 9.99. The van der Waals surface area contributed by atoms with Gasteiger partial charge in [-0.1, -0.05) is 150 Å². The normalized spacial score (nSPS) is 17.7. The van der Waals surface area contributed by atoms with Crippen molar-refractivity contribution in [3.63, 3.8) is 0 Å². The minimum Gasteiger partial charge on any atom is -0.467 e. The molecule has 3 unspecified atom stereocenters. The lowest BCUT2D eigenvalue weighted by Gasteiger charge is -2.23. The maximum Gasteiger partial charge on any atom is 0.217 e.